The van der Waals surface area contributed by atoms with Crippen LogP contribution < -0.4 is 5.32 Å². The largest absolute Gasteiger partial charge is 0.395 e. The summed E-state index contributed by atoms with van der Waals surface area (Å²) in [5.74, 6) is 0. The molecule has 0 saturated carbocycles. The summed E-state index contributed by atoms with van der Waals surface area (Å²) >= 11 is 0. The van der Waals surface area contributed by atoms with E-state index < -0.39 is 0 Å². The maximum absolute atomic E-state index is 9.49. The van der Waals surface area contributed by atoms with E-state index in [4.69, 9.17) is 4.98 Å². The molecule has 1 fully saturated rings. The third-order valence-corrected chi connectivity index (χ3v) is 4.83. The standard InChI is InChI=1S/C18H28N4O.C3H8/c1-18(2,3)16-9-14-17(22(16)4)21-15(10-19-14)13-8-6-5-7-12(11-23)20-13;1-3-2/h9-10,12-13,20,23H,5-8,11H2,1-4H3;3H2,1-2H3. The van der Waals surface area contributed by atoms with Crippen LogP contribution in [0.25, 0.3) is 11.2 Å². The van der Waals surface area contributed by atoms with Crippen molar-refractivity contribution in [2.45, 2.75) is 84.2 Å². The van der Waals surface area contributed by atoms with Crippen molar-refractivity contribution in [1.82, 2.24) is 19.9 Å². The summed E-state index contributed by atoms with van der Waals surface area (Å²) in [5, 5.41) is 13.0. The highest BCUT2D eigenvalue weighted by atomic mass is 16.3. The molecule has 2 aromatic rings. The van der Waals surface area contributed by atoms with E-state index in [2.05, 4.69) is 62.6 Å². The smallest absolute Gasteiger partial charge is 0.158 e. The van der Waals surface area contributed by atoms with Gasteiger partial charge in [-0.2, -0.15) is 0 Å². The molecule has 1 saturated heterocycles. The van der Waals surface area contributed by atoms with Gasteiger partial charge in [0.05, 0.1) is 24.5 Å². The number of aromatic nitrogens is 3. The first kappa shape index (κ1) is 20.8. The molecule has 1 aliphatic heterocycles. The van der Waals surface area contributed by atoms with Crippen molar-refractivity contribution < 1.29 is 5.11 Å². The van der Waals surface area contributed by atoms with Crippen LogP contribution in [0.15, 0.2) is 12.3 Å². The topological polar surface area (TPSA) is 63.0 Å². The Morgan fingerprint density at radius 1 is 1.23 bits per heavy atom. The average Bonchev–Trinajstić information content (AvgIpc) is 2.78. The number of hydrogen-bond donors (Lipinski definition) is 2. The Morgan fingerprint density at radius 3 is 2.50 bits per heavy atom. The van der Waals surface area contributed by atoms with Gasteiger partial charge in [-0.05, 0) is 18.9 Å². The van der Waals surface area contributed by atoms with Crippen molar-refractivity contribution in [1.29, 1.82) is 0 Å². The van der Waals surface area contributed by atoms with E-state index in [1.54, 1.807) is 0 Å². The minimum atomic E-state index is 0.0693. The molecule has 5 nitrogen and oxygen atoms in total. The van der Waals surface area contributed by atoms with Crippen LogP contribution >= 0.6 is 0 Å². The van der Waals surface area contributed by atoms with Crippen LogP contribution in [0.4, 0.5) is 0 Å². The predicted octanol–water partition coefficient (Wildman–Crippen LogP) is 4.25. The fraction of sp³-hybridized carbons (Fsp3) is 0.714. The number of aliphatic hydroxyl groups is 1. The Labute approximate surface area is 158 Å². The zero-order valence-electron chi connectivity index (χ0n) is 17.3. The monoisotopic (exact) mass is 360 g/mol. The first-order valence-corrected chi connectivity index (χ1v) is 10.0. The second-order valence-corrected chi connectivity index (χ2v) is 8.43. The SMILES string of the molecule is CCC.Cn1c(C(C)(C)C)cc2ncc(C3CCCCC(CO)N3)nc21. The van der Waals surface area contributed by atoms with Gasteiger partial charge in [-0.3, -0.25) is 4.98 Å². The average molecular weight is 361 g/mol. The van der Waals surface area contributed by atoms with Gasteiger partial charge in [0.15, 0.2) is 5.65 Å². The summed E-state index contributed by atoms with van der Waals surface area (Å²) in [6, 6.07) is 2.49. The van der Waals surface area contributed by atoms with E-state index in [1.807, 2.05) is 6.20 Å². The Hall–Kier alpha value is -1.46. The fourth-order valence-electron chi connectivity index (χ4n) is 3.55. The summed E-state index contributed by atoms with van der Waals surface area (Å²) in [7, 11) is 2.07. The van der Waals surface area contributed by atoms with Gasteiger partial charge in [0.25, 0.3) is 0 Å². The number of nitrogens with one attached hydrogen (secondary N) is 1. The molecule has 0 radical (unpaired) electrons. The number of rotatable bonds is 2. The quantitative estimate of drug-likeness (QED) is 0.840. The van der Waals surface area contributed by atoms with Gasteiger partial charge in [0.2, 0.25) is 0 Å². The third kappa shape index (κ3) is 4.83. The summed E-state index contributed by atoms with van der Waals surface area (Å²) in [6.45, 7) is 11.1. The minimum Gasteiger partial charge on any atom is -0.395 e. The summed E-state index contributed by atoms with van der Waals surface area (Å²) in [6.07, 6.45) is 7.54. The van der Waals surface area contributed by atoms with E-state index in [0.717, 1.165) is 42.5 Å². The van der Waals surface area contributed by atoms with Crippen LogP contribution in [0, 0.1) is 0 Å². The first-order valence-electron chi connectivity index (χ1n) is 10.0. The molecule has 0 amide bonds. The lowest BCUT2D eigenvalue weighted by Gasteiger charge is -2.21. The number of aliphatic hydroxyl groups excluding tert-OH is 1. The van der Waals surface area contributed by atoms with Crippen molar-refractivity contribution in [3.8, 4) is 0 Å². The molecule has 146 valence electrons. The zero-order valence-corrected chi connectivity index (χ0v) is 17.3. The molecule has 26 heavy (non-hydrogen) atoms. The lowest BCUT2D eigenvalue weighted by atomic mass is 9.92. The molecule has 0 aliphatic carbocycles. The van der Waals surface area contributed by atoms with E-state index in [-0.39, 0.29) is 24.1 Å². The molecule has 2 atom stereocenters. The fourth-order valence-corrected chi connectivity index (χ4v) is 3.55. The van der Waals surface area contributed by atoms with E-state index in [9.17, 15) is 5.11 Å². The van der Waals surface area contributed by atoms with Gasteiger partial charge < -0.3 is 15.0 Å². The minimum absolute atomic E-state index is 0.0693. The second kappa shape index (κ2) is 8.96. The Morgan fingerprint density at radius 2 is 1.88 bits per heavy atom. The van der Waals surface area contributed by atoms with Crippen molar-refractivity contribution in [2.24, 2.45) is 7.05 Å². The number of nitrogens with zero attached hydrogens (tertiary/aromatic N) is 3. The molecule has 2 aromatic heterocycles. The maximum atomic E-state index is 9.49. The molecule has 2 unspecified atom stereocenters. The van der Waals surface area contributed by atoms with Crippen LogP contribution in [0.1, 0.15) is 84.2 Å². The normalized spacial score (nSPS) is 21.2. The molecule has 5 heteroatoms. The van der Waals surface area contributed by atoms with Crippen molar-refractivity contribution >= 4 is 11.2 Å². The summed E-state index contributed by atoms with van der Waals surface area (Å²) < 4.78 is 2.16. The summed E-state index contributed by atoms with van der Waals surface area (Å²) in [5.41, 5.74) is 4.19. The lowest BCUT2D eigenvalue weighted by molar-refractivity contribution is 0.229. The van der Waals surface area contributed by atoms with Crippen molar-refractivity contribution in [2.75, 3.05) is 6.61 Å². The molecule has 0 spiro atoms. The van der Waals surface area contributed by atoms with Crippen LogP contribution in [-0.4, -0.2) is 32.3 Å². The summed E-state index contributed by atoms with van der Waals surface area (Å²) in [4.78, 5) is 9.55. The molecular weight excluding hydrogens is 324 g/mol. The van der Waals surface area contributed by atoms with Gasteiger partial charge in [0.1, 0.15) is 5.52 Å². The van der Waals surface area contributed by atoms with Gasteiger partial charge in [-0.25, -0.2) is 4.98 Å². The molecular formula is C21H36N4O. The highest BCUT2D eigenvalue weighted by molar-refractivity contribution is 5.73. The maximum Gasteiger partial charge on any atom is 0.158 e. The zero-order chi connectivity index (χ0) is 19.3. The highest BCUT2D eigenvalue weighted by Gasteiger charge is 2.24. The number of aryl methyl sites for hydroxylation is 1. The van der Waals surface area contributed by atoms with Crippen LogP contribution in [0.5, 0.6) is 0 Å². The van der Waals surface area contributed by atoms with E-state index in [1.165, 1.54) is 12.1 Å². The van der Waals surface area contributed by atoms with Gasteiger partial charge in [0, 0.05) is 24.2 Å². The second-order valence-electron chi connectivity index (χ2n) is 8.43. The van der Waals surface area contributed by atoms with Crippen LogP contribution in [0.3, 0.4) is 0 Å². The van der Waals surface area contributed by atoms with E-state index in [0.29, 0.717) is 0 Å². The van der Waals surface area contributed by atoms with Gasteiger partial charge in [-0.15, -0.1) is 0 Å². The molecule has 0 aromatic carbocycles. The molecule has 0 bridgehead atoms. The highest BCUT2D eigenvalue weighted by Crippen LogP contribution is 2.29. The molecule has 3 heterocycles. The third-order valence-electron chi connectivity index (χ3n) is 4.83. The van der Waals surface area contributed by atoms with Gasteiger partial charge >= 0.3 is 0 Å². The van der Waals surface area contributed by atoms with E-state index >= 15 is 0 Å². The number of fused-ring (bicyclic) bond motifs is 1. The van der Waals surface area contributed by atoms with Crippen molar-refractivity contribution in [3.05, 3.63) is 23.7 Å². The van der Waals surface area contributed by atoms with Crippen LogP contribution in [0.2, 0.25) is 0 Å². The number of hydrogen-bond acceptors (Lipinski definition) is 4. The first-order chi connectivity index (χ1) is 12.3. The molecule has 3 rings (SSSR count). The Balaban J connectivity index is 0.000000758. The lowest BCUT2D eigenvalue weighted by Crippen LogP contribution is -2.34. The molecule has 1 aliphatic rings. The van der Waals surface area contributed by atoms with Crippen molar-refractivity contribution in [3.63, 3.8) is 0 Å². The molecule has 2 N–H and O–H groups in total. The predicted molar refractivity (Wildman–Crippen MR) is 108 cm³/mol. The van der Waals surface area contributed by atoms with Gasteiger partial charge in [-0.1, -0.05) is 53.9 Å². The van der Waals surface area contributed by atoms with Crippen LogP contribution in [-0.2, 0) is 12.5 Å². The Bertz CT molecular complexity index is 702. The Kier molecular flexibility index (Phi) is 7.18.